The minimum absolute atomic E-state index is 0.116. The van der Waals surface area contributed by atoms with Crippen LogP contribution in [0.2, 0.25) is 0 Å². The summed E-state index contributed by atoms with van der Waals surface area (Å²) < 4.78 is 0. The fraction of sp³-hybridized carbons (Fsp3) is 0.333. The Balaban J connectivity index is 1.26. The van der Waals surface area contributed by atoms with Crippen molar-refractivity contribution < 1.29 is 9.59 Å². The van der Waals surface area contributed by atoms with Gasteiger partial charge in [-0.1, -0.05) is 111 Å². The van der Waals surface area contributed by atoms with E-state index in [4.69, 9.17) is 0 Å². The first kappa shape index (κ1) is 27.6. The summed E-state index contributed by atoms with van der Waals surface area (Å²) in [6.07, 6.45) is 11.0. The molecule has 0 radical (unpaired) electrons. The van der Waals surface area contributed by atoms with Gasteiger partial charge in [0.25, 0.3) is 0 Å². The number of amides is 2. The maximum absolute atomic E-state index is 13.0. The Morgan fingerprint density at radius 2 is 0.860 bits per heavy atom. The molecule has 4 nitrogen and oxygen atoms in total. The van der Waals surface area contributed by atoms with Gasteiger partial charge in [-0.3, -0.25) is 9.59 Å². The molecule has 0 heterocycles. The molecular formula is C39H40N2O2. The van der Waals surface area contributed by atoms with Crippen molar-refractivity contribution in [1.82, 2.24) is 0 Å². The molecule has 0 unspecified atom stereocenters. The second-order valence-electron chi connectivity index (χ2n) is 12.6. The third-order valence-corrected chi connectivity index (χ3v) is 10.1. The quantitative estimate of drug-likeness (QED) is 0.215. The molecule has 218 valence electrons. The van der Waals surface area contributed by atoms with E-state index in [1.54, 1.807) is 0 Å². The van der Waals surface area contributed by atoms with E-state index in [9.17, 15) is 9.59 Å². The lowest BCUT2D eigenvalue weighted by atomic mass is 9.67. The van der Waals surface area contributed by atoms with E-state index in [2.05, 4.69) is 108 Å². The topological polar surface area (TPSA) is 58.2 Å². The Morgan fingerprint density at radius 1 is 0.488 bits per heavy atom. The van der Waals surface area contributed by atoms with Crippen LogP contribution < -0.4 is 10.6 Å². The monoisotopic (exact) mass is 568 g/mol. The summed E-state index contributed by atoms with van der Waals surface area (Å²) >= 11 is 0. The van der Waals surface area contributed by atoms with Crippen molar-refractivity contribution in [3.8, 4) is 11.1 Å². The molecule has 3 aliphatic rings. The van der Waals surface area contributed by atoms with Crippen LogP contribution in [0.15, 0.2) is 97.1 Å². The molecule has 2 fully saturated rings. The molecule has 0 aliphatic heterocycles. The Labute approximate surface area is 254 Å². The molecule has 43 heavy (non-hydrogen) atoms. The highest BCUT2D eigenvalue weighted by Gasteiger charge is 2.45. The van der Waals surface area contributed by atoms with Gasteiger partial charge in [-0.25, -0.2) is 0 Å². The number of fused-ring (bicyclic) bond motifs is 3. The largest absolute Gasteiger partial charge is 0.326 e. The lowest BCUT2D eigenvalue weighted by Gasteiger charge is -2.34. The highest BCUT2D eigenvalue weighted by atomic mass is 16.2. The van der Waals surface area contributed by atoms with Gasteiger partial charge in [0.15, 0.2) is 0 Å². The minimum Gasteiger partial charge on any atom is -0.326 e. The number of benzene rings is 4. The van der Waals surface area contributed by atoms with Crippen molar-refractivity contribution in [3.63, 3.8) is 0 Å². The van der Waals surface area contributed by atoms with Crippen LogP contribution in [0.1, 0.15) is 86.5 Å². The summed E-state index contributed by atoms with van der Waals surface area (Å²) in [6, 6.07) is 34.3. The number of hydrogen-bond acceptors (Lipinski definition) is 2. The van der Waals surface area contributed by atoms with Crippen molar-refractivity contribution in [2.45, 2.75) is 69.6 Å². The Hall–Kier alpha value is -4.18. The van der Waals surface area contributed by atoms with E-state index in [1.807, 2.05) is 0 Å². The van der Waals surface area contributed by atoms with Gasteiger partial charge in [0.05, 0.1) is 5.41 Å². The van der Waals surface area contributed by atoms with Gasteiger partial charge in [0.1, 0.15) is 0 Å². The van der Waals surface area contributed by atoms with Gasteiger partial charge in [0.2, 0.25) is 11.8 Å². The van der Waals surface area contributed by atoms with Crippen LogP contribution in [0.3, 0.4) is 0 Å². The molecule has 4 aromatic carbocycles. The summed E-state index contributed by atoms with van der Waals surface area (Å²) in [4.78, 5) is 26.0. The first-order chi connectivity index (χ1) is 21.1. The Kier molecular flexibility index (Phi) is 7.61. The van der Waals surface area contributed by atoms with E-state index in [1.165, 1.54) is 35.1 Å². The second kappa shape index (κ2) is 11.8. The number of carbonyl (C=O) groups is 2. The van der Waals surface area contributed by atoms with Gasteiger partial charge in [0, 0.05) is 23.2 Å². The number of nitrogens with one attached hydrogen (secondary N) is 2. The van der Waals surface area contributed by atoms with Crippen molar-refractivity contribution in [2.24, 2.45) is 11.8 Å². The molecular weight excluding hydrogens is 528 g/mol. The molecule has 0 bridgehead atoms. The van der Waals surface area contributed by atoms with Gasteiger partial charge in [-0.15, -0.1) is 0 Å². The summed E-state index contributed by atoms with van der Waals surface area (Å²) in [5.41, 5.74) is 8.43. The highest BCUT2D eigenvalue weighted by Crippen LogP contribution is 2.56. The predicted molar refractivity (Wildman–Crippen MR) is 174 cm³/mol. The van der Waals surface area contributed by atoms with E-state index < -0.39 is 5.41 Å². The zero-order chi connectivity index (χ0) is 29.2. The van der Waals surface area contributed by atoms with Gasteiger partial charge in [-0.05, 0) is 83.3 Å². The van der Waals surface area contributed by atoms with Gasteiger partial charge >= 0.3 is 0 Å². The van der Waals surface area contributed by atoms with Crippen molar-refractivity contribution in [1.29, 1.82) is 0 Å². The Bertz CT molecular complexity index is 1490. The van der Waals surface area contributed by atoms with Crippen LogP contribution in [0.5, 0.6) is 0 Å². The SMILES string of the molecule is O=C(Nc1ccc(C2(c3ccc(NC(=O)C4CCCCC4)cc3)c3ccccc3-c3ccccc32)cc1)C1CCCCC1. The van der Waals surface area contributed by atoms with Crippen LogP contribution in [0.4, 0.5) is 11.4 Å². The fourth-order valence-electron chi connectivity index (χ4n) is 7.85. The highest BCUT2D eigenvalue weighted by molar-refractivity contribution is 5.94. The van der Waals surface area contributed by atoms with Crippen molar-refractivity contribution in [3.05, 3.63) is 119 Å². The smallest absolute Gasteiger partial charge is 0.227 e. The number of carbonyl (C=O) groups excluding carboxylic acids is 2. The first-order valence-corrected chi connectivity index (χ1v) is 16.2. The third-order valence-electron chi connectivity index (χ3n) is 10.1. The molecule has 0 spiro atoms. The molecule has 2 N–H and O–H groups in total. The van der Waals surface area contributed by atoms with Crippen LogP contribution in [0, 0.1) is 11.8 Å². The summed E-state index contributed by atoms with van der Waals surface area (Å²) in [6.45, 7) is 0. The lowest BCUT2D eigenvalue weighted by molar-refractivity contribution is -0.121. The molecule has 0 aromatic heterocycles. The molecule has 0 atom stereocenters. The standard InChI is InChI=1S/C39H40N2O2/c42-37(27-11-3-1-4-12-27)40-31-23-19-29(20-24-31)39(35-17-9-7-15-33(35)34-16-8-10-18-36(34)39)30-21-25-32(26-22-30)41-38(43)28-13-5-2-6-14-28/h7-10,15-28H,1-6,11-14H2,(H,40,42)(H,41,43). The number of hydrogen-bond donors (Lipinski definition) is 2. The van der Waals surface area contributed by atoms with Crippen molar-refractivity contribution >= 4 is 23.2 Å². The molecule has 4 aromatic rings. The molecule has 2 saturated carbocycles. The molecule has 7 rings (SSSR count). The first-order valence-electron chi connectivity index (χ1n) is 16.2. The minimum atomic E-state index is -0.523. The molecule has 4 heteroatoms. The average molecular weight is 569 g/mol. The third kappa shape index (κ3) is 5.07. The van der Waals surface area contributed by atoms with E-state index >= 15 is 0 Å². The van der Waals surface area contributed by atoms with Crippen LogP contribution in [-0.4, -0.2) is 11.8 Å². The average Bonchev–Trinajstić information content (AvgIpc) is 3.37. The summed E-state index contributed by atoms with van der Waals surface area (Å²) in [7, 11) is 0. The fourth-order valence-corrected chi connectivity index (χ4v) is 7.85. The summed E-state index contributed by atoms with van der Waals surface area (Å²) in [5, 5.41) is 6.39. The lowest BCUT2D eigenvalue weighted by Crippen LogP contribution is -2.29. The van der Waals surface area contributed by atoms with E-state index in [-0.39, 0.29) is 23.7 Å². The van der Waals surface area contributed by atoms with Gasteiger partial charge in [-0.2, -0.15) is 0 Å². The van der Waals surface area contributed by atoms with Crippen LogP contribution in [-0.2, 0) is 15.0 Å². The van der Waals surface area contributed by atoms with Gasteiger partial charge < -0.3 is 10.6 Å². The predicted octanol–water partition coefficient (Wildman–Crippen LogP) is 9.09. The maximum Gasteiger partial charge on any atom is 0.227 e. The Morgan fingerprint density at radius 3 is 1.26 bits per heavy atom. The molecule has 2 amide bonds. The van der Waals surface area contributed by atoms with E-state index in [0.29, 0.717) is 0 Å². The maximum atomic E-state index is 13.0. The molecule has 0 saturated heterocycles. The van der Waals surface area contributed by atoms with Crippen LogP contribution in [0.25, 0.3) is 11.1 Å². The molecule has 3 aliphatic carbocycles. The van der Waals surface area contributed by atoms with Crippen LogP contribution >= 0.6 is 0 Å². The van der Waals surface area contributed by atoms with E-state index in [0.717, 1.165) is 73.9 Å². The normalized spacial score (nSPS) is 18.0. The summed E-state index contributed by atoms with van der Waals surface area (Å²) in [5.74, 6) is 0.519. The number of rotatable bonds is 6. The number of anilines is 2. The van der Waals surface area contributed by atoms with Crippen molar-refractivity contribution in [2.75, 3.05) is 10.6 Å². The second-order valence-corrected chi connectivity index (χ2v) is 12.6. The zero-order valence-corrected chi connectivity index (χ0v) is 24.8. The zero-order valence-electron chi connectivity index (χ0n) is 24.8.